The van der Waals surface area contributed by atoms with Crippen molar-refractivity contribution in [1.82, 2.24) is 25.8 Å². The Labute approximate surface area is 353 Å². The van der Waals surface area contributed by atoms with Crippen LogP contribution in [0, 0.1) is 0 Å². The average molecular weight is 823 g/mol. The molecule has 13 heteroatoms. The fraction of sp³-hybridized carbons (Fsp3) is 0.543. The second-order valence-electron chi connectivity index (χ2n) is 17.2. The molecule has 0 bridgehead atoms. The van der Waals surface area contributed by atoms with Crippen LogP contribution in [0.4, 0.5) is 5.69 Å². The van der Waals surface area contributed by atoms with E-state index >= 15 is 0 Å². The van der Waals surface area contributed by atoms with E-state index in [1.165, 1.54) is 24.8 Å². The van der Waals surface area contributed by atoms with E-state index in [9.17, 15) is 19.2 Å². The lowest BCUT2D eigenvalue weighted by molar-refractivity contribution is -0.122. The van der Waals surface area contributed by atoms with Gasteiger partial charge in [-0.1, -0.05) is 74.9 Å². The highest BCUT2D eigenvalue weighted by Crippen LogP contribution is 2.38. The largest absolute Gasteiger partial charge is 0.369 e. The molecule has 6 N–H and O–H groups in total. The Bertz CT molecular complexity index is 1940. The predicted molar refractivity (Wildman–Crippen MR) is 234 cm³/mol. The maximum absolute atomic E-state index is 13.3. The maximum atomic E-state index is 13.3. The SMILES string of the molecule is CC1(N)CCN(C2C=NC(Sc3cccc(NC(=O)CCCCCCCCCCCC(=O)NCc4ccc5c(c4)CN(C4CCC(=O)NC4=C4CC4)C5=O)c3)=CN2)CC1. The van der Waals surface area contributed by atoms with Gasteiger partial charge in [-0.15, -0.1) is 0 Å². The van der Waals surface area contributed by atoms with E-state index in [4.69, 9.17) is 10.7 Å². The number of nitrogens with zero attached hydrogens (tertiary/aromatic N) is 3. The van der Waals surface area contributed by atoms with E-state index in [-0.39, 0.29) is 41.4 Å². The van der Waals surface area contributed by atoms with Crippen LogP contribution in [0.3, 0.4) is 0 Å². The second-order valence-corrected chi connectivity index (χ2v) is 18.3. The zero-order chi connectivity index (χ0) is 41.2. The summed E-state index contributed by atoms with van der Waals surface area (Å²) in [6, 6.07) is 13.7. The van der Waals surface area contributed by atoms with Crippen LogP contribution in [0.1, 0.15) is 138 Å². The number of nitrogens with one attached hydrogen (secondary N) is 4. The molecular weight excluding hydrogens is 761 g/mol. The minimum atomic E-state index is -0.0750. The van der Waals surface area contributed by atoms with Crippen molar-refractivity contribution in [3.63, 3.8) is 0 Å². The molecular formula is C46H62N8O4S. The standard InChI is InChI=1S/C46H62N8O4S/c1-46(47)22-24-53(25-23-46)39-29-50-43(30-48-39)59-36-13-11-12-35(27-36)51-41(56)15-10-8-6-4-2-3-5-7-9-14-40(55)49-28-32-16-19-37-34(26-32)31-54(45(37)58)38-20-21-42(57)52-44(38)33-17-18-33/h11-13,16,19,26-27,29-30,38-39,48H,2-10,14-15,17-18,20-25,28,31,47H2,1H3,(H,49,55)(H,51,56)(H,52,57). The van der Waals surface area contributed by atoms with Gasteiger partial charge in [0.05, 0.1) is 6.04 Å². The van der Waals surface area contributed by atoms with Crippen LogP contribution in [0.25, 0.3) is 0 Å². The Hall–Kier alpha value is -4.46. The van der Waals surface area contributed by atoms with Crippen LogP contribution in [0.5, 0.6) is 0 Å². The molecule has 1 saturated carbocycles. The number of carbonyl (C=O) groups is 4. The normalized spacial score (nSPS) is 21.1. The number of amides is 4. The second kappa shape index (κ2) is 20.2. The first-order chi connectivity index (χ1) is 28.6. The lowest BCUT2D eigenvalue weighted by Gasteiger charge is -2.40. The minimum absolute atomic E-state index is 0.0222. The number of fused-ring (bicyclic) bond motifs is 1. The van der Waals surface area contributed by atoms with Crippen LogP contribution in [-0.4, -0.2) is 70.5 Å². The van der Waals surface area contributed by atoms with Crippen molar-refractivity contribution in [1.29, 1.82) is 0 Å². The summed E-state index contributed by atoms with van der Waals surface area (Å²) in [6.45, 7) is 5.02. The Morgan fingerprint density at radius 2 is 1.63 bits per heavy atom. The number of hydrogen-bond donors (Lipinski definition) is 5. The molecule has 3 fully saturated rings. The van der Waals surface area contributed by atoms with E-state index in [0.717, 1.165) is 115 Å². The summed E-state index contributed by atoms with van der Waals surface area (Å²) in [7, 11) is 0. The van der Waals surface area contributed by atoms with E-state index in [1.54, 1.807) is 11.8 Å². The topological polar surface area (TPSA) is 161 Å². The van der Waals surface area contributed by atoms with Crippen LogP contribution in [-0.2, 0) is 27.5 Å². The molecule has 7 rings (SSSR count). The number of aliphatic imine (C=N–C) groups is 1. The molecule has 4 amide bonds. The van der Waals surface area contributed by atoms with Crippen molar-refractivity contribution in [2.24, 2.45) is 10.7 Å². The molecule has 0 radical (unpaired) electrons. The van der Waals surface area contributed by atoms with Gasteiger partial charge in [-0.05, 0) is 92.8 Å². The van der Waals surface area contributed by atoms with Crippen LogP contribution < -0.4 is 27.0 Å². The predicted octanol–water partition coefficient (Wildman–Crippen LogP) is 7.22. The summed E-state index contributed by atoms with van der Waals surface area (Å²) in [4.78, 5) is 60.5. The number of carbonyl (C=O) groups excluding carboxylic acids is 4. The van der Waals surface area contributed by atoms with Crippen LogP contribution in [0.15, 0.2) is 74.9 Å². The molecule has 2 saturated heterocycles. The molecule has 2 aromatic rings. The molecule has 5 aliphatic rings. The number of allylic oxidation sites excluding steroid dienone is 1. The monoisotopic (exact) mass is 822 g/mol. The summed E-state index contributed by atoms with van der Waals surface area (Å²) in [5.41, 5.74) is 11.9. The zero-order valence-electron chi connectivity index (χ0n) is 34.7. The number of thioether (sulfide) groups is 1. The van der Waals surface area contributed by atoms with Gasteiger partial charge < -0.3 is 31.9 Å². The third-order valence-electron chi connectivity index (χ3n) is 12.2. The number of benzene rings is 2. The molecule has 59 heavy (non-hydrogen) atoms. The van der Waals surface area contributed by atoms with Crippen molar-refractivity contribution < 1.29 is 19.2 Å². The van der Waals surface area contributed by atoms with Gasteiger partial charge in [-0.25, -0.2) is 4.99 Å². The van der Waals surface area contributed by atoms with Gasteiger partial charge in [0, 0.05) is 85.2 Å². The van der Waals surface area contributed by atoms with E-state index in [0.29, 0.717) is 38.8 Å². The third-order valence-corrected chi connectivity index (χ3v) is 13.1. The molecule has 0 aromatic heterocycles. The first kappa shape index (κ1) is 42.7. The first-order valence-corrected chi connectivity index (χ1v) is 22.7. The minimum Gasteiger partial charge on any atom is -0.369 e. The van der Waals surface area contributed by atoms with Gasteiger partial charge in [0.1, 0.15) is 11.2 Å². The zero-order valence-corrected chi connectivity index (χ0v) is 35.5. The smallest absolute Gasteiger partial charge is 0.255 e. The fourth-order valence-corrected chi connectivity index (χ4v) is 9.28. The summed E-state index contributed by atoms with van der Waals surface area (Å²) >= 11 is 1.58. The van der Waals surface area contributed by atoms with Gasteiger partial charge in [-0.3, -0.25) is 24.1 Å². The van der Waals surface area contributed by atoms with Crippen LogP contribution >= 0.6 is 11.8 Å². The van der Waals surface area contributed by atoms with E-state index in [2.05, 4.69) is 33.1 Å². The number of piperidine rings is 2. The van der Waals surface area contributed by atoms with Crippen molar-refractivity contribution in [2.45, 2.75) is 152 Å². The molecule has 1 aliphatic carbocycles. The van der Waals surface area contributed by atoms with Gasteiger partial charge in [0.15, 0.2) is 0 Å². The Kier molecular flexibility index (Phi) is 14.6. The summed E-state index contributed by atoms with van der Waals surface area (Å²) in [5, 5.41) is 13.5. The number of likely N-dealkylation sites (tertiary alicyclic amines) is 1. The molecule has 12 nitrogen and oxygen atoms in total. The van der Waals surface area contributed by atoms with Crippen molar-refractivity contribution >= 4 is 47.3 Å². The summed E-state index contributed by atoms with van der Waals surface area (Å²) in [5.74, 6) is 0.173. The number of unbranched alkanes of at least 4 members (excludes halogenated alkanes) is 8. The molecule has 316 valence electrons. The number of hydrogen-bond acceptors (Lipinski definition) is 9. The number of rotatable bonds is 19. The average Bonchev–Trinajstić information content (AvgIpc) is 4.02. The molecule has 4 aliphatic heterocycles. The quantitative estimate of drug-likeness (QED) is 0.0929. The van der Waals surface area contributed by atoms with Crippen LogP contribution in [0.2, 0.25) is 0 Å². The lowest BCUT2D eigenvalue weighted by atomic mass is 9.91. The first-order valence-electron chi connectivity index (χ1n) is 21.9. The van der Waals surface area contributed by atoms with Crippen molar-refractivity contribution in [3.8, 4) is 0 Å². The van der Waals surface area contributed by atoms with Gasteiger partial charge in [0.25, 0.3) is 5.91 Å². The van der Waals surface area contributed by atoms with Crippen molar-refractivity contribution in [2.75, 3.05) is 18.4 Å². The van der Waals surface area contributed by atoms with E-state index in [1.807, 2.05) is 59.8 Å². The molecule has 2 atom stereocenters. The molecule has 2 aromatic carbocycles. The maximum Gasteiger partial charge on any atom is 0.255 e. The molecule has 0 spiro atoms. The molecule has 2 unspecified atom stereocenters. The van der Waals surface area contributed by atoms with Gasteiger partial charge in [0.2, 0.25) is 17.7 Å². The number of nitrogens with two attached hydrogens (primary N) is 1. The van der Waals surface area contributed by atoms with Gasteiger partial charge in [-0.2, -0.15) is 0 Å². The van der Waals surface area contributed by atoms with Gasteiger partial charge >= 0.3 is 0 Å². The summed E-state index contributed by atoms with van der Waals surface area (Å²) in [6.07, 6.45) is 19.8. The Balaban J connectivity index is 0.691. The fourth-order valence-electron chi connectivity index (χ4n) is 8.46. The lowest BCUT2D eigenvalue weighted by Crippen LogP contribution is -2.55. The highest BCUT2D eigenvalue weighted by atomic mass is 32.2. The third kappa shape index (κ3) is 12.3. The molecule has 4 heterocycles. The van der Waals surface area contributed by atoms with Crippen molar-refractivity contribution in [3.05, 3.63) is 81.7 Å². The highest BCUT2D eigenvalue weighted by molar-refractivity contribution is 8.03. The number of anilines is 1. The highest BCUT2D eigenvalue weighted by Gasteiger charge is 2.39. The van der Waals surface area contributed by atoms with E-state index < -0.39 is 0 Å². The summed E-state index contributed by atoms with van der Waals surface area (Å²) < 4.78 is 0. The Morgan fingerprint density at radius 1 is 0.915 bits per heavy atom. The Morgan fingerprint density at radius 3 is 2.32 bits per heavy atom.